The zero-order chi connectivity index (χ0) is 10.3. The lowest BCUT2D eigenvalue weighted by Gasteiger charge is -2.16. The van der Waals surface area contributed by atoms with Crippen LogP contribution >= 0.6 is 15.9 Å². The minimum atomic E-state index is 0.160. The van der Waals surface area contributed by atoms with E-state index >= 15 is 0 Å². The molecular formula is C12H15BrO. The Morgan fingerprint density at radius 3 is 2.79 bits per heavy atom. The lowest BCUT2D eigenvalue weighted by molar-refractivity contribution is 0.291. The summed E-state index contributed by atoms with van der Waals surface area (Å²) in [6, 6.07) is 6.46. The van der Waals surface area contributed by atoms with E-state index in [4.69, 9.17) is 4.74 Å². The zero-order valence-corrected chi connectivity index (χ0v) is 10.4. The van der Waals surface area contributed by atoms with Gasteiger partial charge in [-0.05, 0) is 18.6 Å². The molecule has 0 amide bonds. The summed E-state index contributed by atoms with van der Waals surface area (Å²) < 4.78 is 5.63. The number of alkyl halides is 1. The van der Waals surface area contributed by atoms with Crippen molar-refractivity contribution in [3.63, 3.8) is 0 Å². The number of rotatable bonds is 1. The summed E-state index contributed by atoms with van der Waals surface area (Å²) in [7, 11) is 0. The molecule has 1 aliphatic rings. The van der Waals surface area contributed by atoms with Crippen molar-refractivity contribution in [3.05, 3.63) is 29.3 Å². The second-order valence-electron chi connectivity index (χ2n) is 4.54. The first-order valence-electron chi connectivity index (χ1n) is 4.92. The van der Waals surface area contributed by atoms with Crippen molar-refractivity contribution in [1.29, 1.82) is 0 Å². The number of ether oxygens (including phenoxy) is 1. The Bertz CT molecular complexity index is 355. The molecule has 2 heteroatoms. The van der Waals surface area contributed by atoms with Gasteiger partial charge in [0.05, 0.1) is 6.61 Å². The van der Waals surface area contributed by atoms with Gasteiger partial charge in [0.2, 0.25) is 0 Å². The van der Waals surface area contributed by atoms with Gasteiger partial charge in [0.1, 0.15) is 5.75 Å². The van der Waals surface area contributed by atoms with Gasteiger partial charge in [-0.25, -0.2) is 0 Å². The fourth-order valence-electron chi connectivity index (χ4n) is 1.79. The van der Waals surface area contributed by atoms with Crippen LogP contribution in [-0.4, -0.2) is 6.61 Å². The highest BCUT2D eigenvalue weighted by Gasteiger charge is 2.31. The predicted molar refractivity (Wildman–Crippen MR) is 62.3 cm³/mol. The molecule has 0 N–H and O–H groups in total. The average Bonchev–Trinajstić information content (AvgIpc) is 2.42. The smallest absolute Gasteiger partial charge is 0.123 e. The van der Waals surface area contributed by atoms with E-state index < -0.39 is 0 Å². The quantitative estimate of drug-likeness (QED) is 0.693. The molecule has 0 saturated heterocycles. The summed E-state index contributed by atoms with van der Waals surface area (Å²) in [5.41, 5.74) is 2.82. The Labute approximate surface area is 93.6 Å². The Kier molecular flexibility index (Phi) is 2.34. The summed E-state index contributed by atoms with van der Waals surface area (Å²) in [5, 5.41) is 0. The maximum absolute atomic E-state index is 5.63. The molecule has 0 spiro atoms. The molecule has 0 aliphatic carbocycles. The van der Waals surface area contributed by atoms with Crippen molar-refractivity contribution >= 4 is 15.9 Å². The lowest BCUT2D eigenvalue weighted by atomic mass is 9.86. The Morgan fingerprint density at radius 1 is 1.43 bits per heavy atom. The monoisotopic (exact) mass is 254 g/mol. The Morgan fingerprint density at radius 2 is 2.14 bits per heavy atom. The molecule has 1 aromatic carbocycles. The van der Waals surface area contributed by atoms with Crippen LogP contribution in [0, 0.1) is 0 Å². The number of benzene rings is 1. The number of hydrogen-bond acceptors (Lipinski definition) is 1. The van der Waals surface area contributed by atoms with Gasteiger partial charge < -0.3 is 4.74 Å². The van der Waals surface area contributed by atoms with Crippen LogP contribution in [0.2, 0.25) is 0 Å². The van der Waals surface area contributed by atoms with Gasteiger partial charge in [-0.1, -0.05) is 41.9 Å². The predicted octanol–water partition coefficient (Wildman–Crippen LogP) is 3.81. The Hall–Kier alpha value is -0.500. The molecule has 1 nitrogen and oxygen atoms in total. The van der Waals surface area contributed by atoms with Crippen LogP contribution in [0.15, 0.2) is 18.2 Å². The van der Waals surface area contributed by atoms with Crippen LogP contribution in [-0.2, 0) is 5.41 Å². The maximum Gasteiger partial charge on any atom is 0.123 e. The van der Waals surface area contributed by atoms with Crippen LogP contribution in [0.5, 0.6) is 5.75 Å². The second-order valence-corrected chi connectivity index (χ2v) is 5.92. The molecule has 0 bridgehead atoms. The minimum Gasteiger partial charge on any atom is -0.492 e. The molecule has 14 heavy (non-hydrogen) atoms. The molecular weight excluding hydrogens is 240 g/mol. The van der Waals surface area contributed by atoms with E-state index in [-0.39, 0.29) is 5.41 Å². The molecule has 0 saturated carbocycles. The first kappa shape index (κ1) is 10.0. The fraction of sp³-hybridized carbons (Fsp3) is 0.500. The second kappa shape index (κ2) is 3.27. The number of hydrogen-bond donors (Lipinski definition) is 0. The molecule has 1 atom stereocenters. The third kappa shape index (κ3) is 1.56. The molecule has 1 aliphatic heterocycles. The van der Waals surface area contributed by atoms with Gasteiger partial charge in [-0.2, -0.15) is 0 Å². The molecule has 76 valence electrons. The van der Waals surface area contributed by atoms with Crippen LogP contribution in [0.1, 0.15) is 36.7 Å². The molecule has 0 radical (unpaired) electrons. The van der Waals surface area contributed by atoms with E-state index in [9.17, 15) is 0 Å². The van der Waals surface area contributed by atoms with E-state index in [2.05, 4.69) is 54.9 Å². The summed E-state index contributed by atoms with van der Waals surface area (Å²) in [6.45, 7) is 7.38. The van der Waals surface area contributed by atoms with E-state index in [1.165, 1.54) is 11.1 Å². The van der Waals surface area contributed by atoms with E-state index in [0.29, 0.717) is 4.83 Å². The molecule has 0 aromatic heterocycles. The van der Waals surface area contributed by atoms with E-state index in [0.717, 1.165) is 12.4 Å². The molecule has 1 heterocycles. The van der Waals surface area contributed by atoms with Crippen molar-refractivity contribution in [2.45, 2.75) is 31.0 Å². The van der Waals surface area contributed by atoms with Gasteiger partial charge in [-0.3, -0.25) is 0 Å². The summed E-state index contributed by atoms with van der Waals surface area (Å²) in [5.74, 6) is 1.05. The highest BCUT2D eigenvalue weighted by atomic mass is 79.9. The van der Waals surface area contributed by atoms with Crippen molar-refractivity contribution in [2.24, 2.45) is 0 Å². The van der Waals surface area contributed by atoms with Gasteiger partial charge in [0, 0.05) is 15.8 Å². The average molecular weight is 255 g/mol. The lowest BCUT2D eigenvalue weighted by Crippen LogP contribution is -2.18. The maximum atomic E-state index is 5.63. The van der Waals surface area contributed by atoms with Gasteiger partial charge >= 0.3 is 0 Å². The van der Waals surface area contributed by atoms with Crippen LogP contribution < -0.4 is 4.74 Å². The largest absolute Gasteiger partial charge is 0.492 e. The fourth-order valence-corrected chi connectivity index (χ4v) is 2.07. The third-order valence-corrected chi connectivity index (χ3v) is 3.31. The van der Waals surface area contributed by atoms with E-state index in [1.807, 2.05) is 0 Å². The van der Waals surface area contributed by atoms with Gasteiger partial charge in [0.15, 0.2) is 0 Å². The zero-order valence-electron chi connectivity index (χ0n) is 8.80. The first-order chi connectivity index (χ1) is 6.50. The normalized spacial score (nSPS) is 20.0. The minimum absolute atomic E-state index is 0.160. The van der Waals surface area contributed by atoms with Crippen molar-refractivity contribution < 1.29 is 4.74 Å². The molecule has 0 fully saturated rings. The summed E-state index contributed by atoms with van der Waals surface area (Å²) >= 11 is 3.59. The van der Waals surface area contributed by atoms with Crippen LogP contribution in [0.4, 0.5) is 0 Å². The van der Waals surface area contributed by atoms with E-state index in [1.54, 1.807) is 0 Å². The highest BCUT2D eigenvalue weighted by Crippen LogP contribution is 2.40. The first-order valence-corrected chi connectivity index (χ1v) is 5.83. The molecule has 1 aromatic rings. The van der Waals surface area contributed by atoms with Gasteiger partial charge in [0.25, 0.3) is 0 Å². The van der Waals surface area contributed by atoms with Gasteiger partial charge in [-0.15, -0.1) is 0 Å². The highest BCUT2D eigenvalue weighted by molar-refractivity contribution is 9.09. The molecule has 1 unspecified atom stereocenters. The van der Waals surface area contributed by atoms with Crippen LogP contribution in [0.3, 0.4) is 0 Å². The summed E-state index contributed by atoms with van der Waals surface area (Å²) in [6.07, 6.45) is 0. The van der Waals surface area contributed by atoms with Crippen molar-refractivity contribution in [1.82, 2.24) is 0 Å². The Balaban J connectivity index is 2.48. The van der Waals surface area contributed by atoms with Crippen molar-refractivity contribution in [3.8, 4) is 5.75 Å². The summed E-state index contributed by atoms with van der Waals surface area (Å²) in [4.78, 5) is 0.407. The standard InChI is InChI=1S/C12H15BrO/c1-8(13)9-4-5-11-10(6-9)12(2,3)7-14-11/h4-6,8H,7H2,1-3H3. The number of fused-ring (bicyclic) bond motifs is 1. The third-order valence-electron chi connectivity index (χ3n) is 2.78. The van der Waals surface area contributed by atoms with Crippen molar-refractivity contribution in [2.75, 3.05) is 6.61 Å². The topological polar surface area (TPSA) is 9.23 Å². The number of halogens is 1. The van der Waals surface area contributed by atoms with Crippen LogP contribution in [0.25, 0.3) is 0 Å². The SMILES string of the molecule is CC(Br)c1ccc2c(c1)C(C)(C)CO2. The molecule has 2 rings (SSSR count).